The summed E-state index contributed by atoms with van der Waals surface area (Å²) in [6.45, 7) is 3.03. The first-order valence-electron chi connectivity index (χ1n) is 8.05. The Bertz CT molecular complexity index is 841. The van der Waals surface area contributed by atoms with Crippen molar-refractivity contribution in [2.45, 2.75) is 32.4 Å². The molecule has 24 heavy (non-hydrogen) atoms. The molecule has 1 aromatic heterocycles. The Morgan fingerprint density at radius 1 is 1.46 bits per heavy atom. The lowest BCUT2D eigenvalue weighted by molar-refractivity contribution is -0.118. The number of nitrogens with zero attached hydrogens (tertiary/aromatic N) is 2. The zero-order chi connectivity index (χ0) is 16.7. The van der Waals surface area contributed by atoms with Crippen LogP contribution in [-0.4, -0.2) is 28.1 Å². The topological polar surface area (TPSA) is 56.2 Å². The number of amides is 1. The Labute approximate surface area is 145 Å². The van der Waals surface area contributed by atoms with Crippen LogP contribution in [-0.2, 0) is 17.8 Å². The average molecular weight is 344 g/mol. The van der Waals surface area contributed by atoms with Crippen LogP contribution in [0.15, 0.2) is 30.0 Å². The molecule has 0 aliphatic carbocycles. The summed E-state index contributed by atoms with van der Waals surface area (Å²) in [7, 11) is 0. The second-order valence-electron chi connectivity index (χ2n) is 6.30. The number of imidazole rings is 1. The van der Waals surface area contributed by atoms with Crippen molar-refractivity contribution in [3.05, 3.63) is 52.1 Å². The maximum Gasteiger partial charge on any atom is 0.250 e. The van der Waals surface area contributed by atoms with E-state index in [0.29, 0.717) is 10.6 Å². The summed E-state index contributed by atoms with van der Waals surface area (Å²) in [4.78, 5) is 17.1. The SMILES string of the molecule is Cc1cn2c(n1)CC[C@@H](NC(=O)C1=Cc3cc(Cl)ccc3OC1)C2. The number of carbonyl (C=O) groups excluding carboxylic acids is 1. The number of carbonyl (C=O) groups is 1. The Balaban J connectivity index is 1.47. The van der Waals surface area contributed by atoms with E-state index >= 15 is 0 Å². The van der Waals surface area contributed by atoms with Gasteiger partial charge in [0, 0.05) is 35.8 Å². The predicted octanol–water partition coefficient (Wildman–Crippen LogP) is 2.75. The quantitative estimate of drug-likeness (QED) is 0.912. The average Bonchev–Trinajstić information content (AvgIpc) is 2.93. The largest absolute Gasteiger partial charge is 0.488 e. The third-order valence-corrected chi connectivity index (χ3v) is 4.66. The highest BCUT2D eigenvalue weighted by atomic mass is 35.5. The number of fused-ring (bicyclic) bond motifs is 2. The van der Waals surface area contributed by atoms with Gasteiger partial charge in [0.1, 0.15) is 18.2 Å². The number of rotatable bonds is 2. The van der Waals surface area contributed by atoms with E-state index in [4.69, 9.17) is 16.3 Å². The number of aryl methyl sites for hydroxylation is 2. The molecule has 6 heteroatoms. The minimum absolute atomic E-state index is 0.0779. The van der Waals surface area contributed by atoms with Crippen LogP contribution in [0, 0.1) is 6.92 Å². The van der Waals surface area contributed by atoms with Gasteiger partial charge in [0.15, 0.2) is 0 Å². The van der Waals surface area contributed by atoms with E-state index < -0.39 is 0 Å². The number of nitrogens with one attached hydrogen (secondary N) is 1. The zero-order valence-corrected chi connectivity index (χ0v) is 14.1. The van der Waals surface area contributed by atoms with E-state index in [0.717, 1.165) is 42.2 Å². The van der Waals surface area contributed by atoms with Gasteiger partial charge in [0.25, 0.3) is 5.91 Å². The highest BCUT2D eigenvalue weighted by molar-refractivity contribution is 6.30. The van der Waals surface area contributed by atoms with Gasteiger partial charge >= 0.3 is 0 Å². The molecule has 0 spiro atoms. The second kappa shape index (κ2) is 5.98. The number of ether oxygens (including phenoxy) is 1. The van der Waals surface area contributed by atoms with Crippen LogP contribution in [0.1, 0.15) is 23.5 Å². The van der Waals surface area contributed by atoms with E-state index in [1.807, 2.05) is 31.3 Å². The van der Waals surface area contributed by atoms with Crippen molar-refractivity contribution in [1.29, 1.82) is 0 Å². The molecule has 0 radical (unpaired) electrons. The molecule has 3 heterocycles. The maximum absolute atomic E-state index is 12.6. The molecule has 0 fully saturated rings. The molecule has 0 unspecified atom stereocenters. The summed E-state index contributed by atoms with van der Waals surface area (Å²) in [5.41, 5.74) is 2.49. The second-order valence-corrected chi connectivity index (χ2v) is 6.74. The number of benzene rings is 1. The lowest BCUT2D eigenvalue weighted by Crippen LogP contribution is -2.42. The first-order valence-corrected chi connectivity index (χ1v) is 8.43. The monoisotopic (exact) mass is 343 g/mol. The highest BCUT2D eigenvalue weighted by Crippen LogP contribution is 2.29. The smallest absolute Gasteiger partial charge is 0.250 e. The van der Waals surface area contributed by atoms with Gasteiger partial charge in [0.05, 0.1) is 11.3 Å². The standard InChI is InChI=1S/C18H18ClN3O2/c1-11-8-22-9-15(3-5-17(22)20-11)21-18(23)13-6-12-7-14(19)2-4-16(12)24-10-13/h2,4,6-8,15H,3,5,9-10H2,1H3,(H,21,23)/t15-/m1/s1. The molecule has 0 bridgehead atoms. The third-order valence-electron chi connectivity index (χ3n) is 4.42. The first-order chi connectivity index (χ1) is 11.6. The van der Waals surface area contributed by atoms with Gasteiger partial charge in [-0.15, -0.1) is 0 Å². The third kappa shape index (κ3) is 2.91. The van der Waals surface area contributed by atoms with Crippen LogP contribution in [0.3, 0.4) is 0 Å². The highest BCUT2D eigenvalue weighted by Gasteiger charge is 2.24. The lowest BCUT2D eigenvalue weighted by atomic mass is 10.0. The van der Waals surface area contributed by atoms with Gasteiger partial charge < -0.3 is 14.6 Å². The first kappa shape index (κ1) is 15.3. The molecular weight excluding hydrogens is 326 g/mol. The van der Waals surface area contributed by atoms with Crippen molar-refractivity contribution in [1.82, 2.24) is 14.9 Å². The van der Waals surface area contributed by atoms with E-state index in [1.165, 1.54) is 0 Å². The van der Waals surface area contributed by atoms with Crippen LogP contribution in [0.2, 0.25) is 5.02 Å². The molecule has 2 aliphatic heterocycles. The van der Waals surface area contributed by atoms with Gasteiger partial charge in [-0.05, 0) is 37.6 Å². The van der Waals surface area contributed by atoms with Crippen molar-refractivity contribution in [2.24, 2.45) is 0 Å². The number of aromatic nitrogens is 2. The Morgan fingerprint density at radius 2 is 2.33 bits per heavy atom. The van der Waals surface area contributed by atoms with Crippen LogP contribution in [0.5, 0.6) is 5.75 Å². The minimum Gasteiger partial charge on any atom is -0.488 e. The van der Waals surface area contributed by atoms with Crippen molar-refractivity contribution in [2.75, 3.05) is 6.61 Å². The maximum atomic E-state index is 12.6. The number of halogens is 1. The fourth-order valence-electron chi connectivity index (χ4n) is 3.26. The van der Waals surface area contributed by atoms with Crippen molar-refractivity contribution >= 4 is 23.6 Å². The van der Waals surface area contributed by atoms with Crippen LogP contribution >= 0.6 is 11.6 Å². The van der Waals surface area contributed by atoms with Gasteiger partial charge in [-0.25, -0.2) is 4.98 Å². The fraction of sp³-hybridized carbons (Fsp3) is 0.333. The molecule has 1 N–H and O–H groups in total. The Kier molecular flexibility index (Phi) is 3.81. The van der Waals surface area contributed by atoms with Crippen LogP contribution in [0.4, 0.5) is 0 Å². The zero-order valence-electron chi connectivity index (χ0n) is 13.4. The fourth-order valence-corrected chi connectivity index (χ4v) is 3.44. The lowest BCUT2D eigenvalue weighted by Gasteiger charge is -2.26. The van der Waals surface area contributed by atoms with Gasteiger partial charge in [0.2, 0.25) is 0 Å². The van der Waals surface area contributed by atoms with Crippen molar-refractivity contribution in [3.8, 4) is 5.75 Å². The normalized spacial score (nSPS) is 18.9. The molecule has 2 aliphatic rings. The summed E-state index contributed by atoms with van der Waals surface area (Å²) >= 11 is 6.02. The minimum atomic E-state index is -0.0779. The Morgan fingerprint density at radius 3 is 3.21 bits per heavy atom. The van der Waals surface area contributed by atoms with Gasteiger partial charge in [-0.1, -0.05) is 11.6 Å². The Hall–Kier alpha value is -2.27. The summed E-state index contributed by atoms with van der Waals surface area (Å²) in [6, 6.07) is 5.53. The molecule has 1 amide bonds. The summed E-state index contributed by atoms with van der Waals surface area (Å²) in [5.74, 6) is 1.78. The molecule has 124 valence electrons. The van der Waals surface area contributed by atoms with Crippen LogP contribution < -0.4 is 10.1 Å². The molecule has 5 nitrogen and oxygen atoms in total. The molecule has 1 aromatic carbocycles. The van der Waals surface area contributed by atoms with Crippen molar-refractivity contribution < 1.29 is 9.53 Å². The summed E-state index contributed by atoms with van der Waals surface area (Å²) in [5, 5.41) is 3.75. The van der Waals surface area contributed by atoms with Gasteiger partial charge in [-0.3, -0.25) is 4.79 Å². The molecular formula is C18H18ClN3O2. The summed E-state index contributed by atoms with van der Waals surface area (Å²) < 4.78 is 7.79. The van der Waals surface area contributed by atoms with E-state index in [9.17, 15) is 4.79 Å². The number of hydrogen-bond donors (Lipinski definition) is 1. The van der Waals surface area contributed by atoms with E-state index in [2.05, 4.69) is 14.9 Å². The molecule has 0 saturated heterocycles. The molecule has 4 rings (SSSR count). The van der Waals surface area contributed by atoms with Crippen molar-refractivity contribution in [3.63, 3.8) is 0 Å². The molecule has 2 aromatic rings. The van der Waals surface area contributed by atoms with Gasteiger partial charge in [-0.2, -0.15) is 0 Å². The molecule has 1 atom stereocenters. The van der Waals surface area contributed by atoms with E-state index in [-0.39, 0.29) is 18.6 Å². The van der Waals surface area contributed by atoms with E-state index in [1.54, 1.807) is 6.07 Å². The number of hydrogen-bond acceptors (Lipinski definition) is 3. The summed E-state index contributed by atoms with van der Waals surface area (Å²) in [6.07, 6.45) is 5.68. The van der Waals surface area contributed by atoms with Crippen LogP contribution in [0.25, 0.3) is 6.08 Å². The molecule has 0 saturated carbocycles. The predicted molar refractivity (Wildman–Crippen MR) is 92.1 cm³/mol.